The van der Waals surface area contributed by atoms with E-state index in [2.05, 4.69) is 0 Å². The smallest absolute Gasteiger partial charge is 0.228 e. The molecule has 0 fully saturated rings. The van der Waals surface area contributed by atoms with Crippen LogP contribution in [0.15, 0.2) is 47.4 Å². The first-order chi connectivity index (χ1) is 14.7. The lowest BCUT2D eigenvalue weighted by atomic mass is 10.2. The zero-order valence-corrected chi connectivity index (χ0v) is 21.3. The van der Waals surface area contributed by atoms with Crippen LogP contribution in [-0.2, 0) is 14.6 Å². The molecule has 0 aliphatic rings. The van der Waals surface area contributed by atoms with Gasteiger partial charge in [-0.2, -0.15) is 0 Å². The molecule has 0 aliphatic heterocycles. The Labute approximate surface area is 200 Å². The van der Waals surface area contributed by atoms with Crippen molar-refractivity contribution in [3.63, 3.8) is 0 Å². The summed E-state index contributed by atoms with van der Waals surface area (Å²) in [5.74, 6) is -0.153. The SMILES string of the molecule is Cc1ccc(S(=O)(=O)CCCC(=O)N(CCN(C)C)c2nc3c(C)cccc3s2)cc1.Cl. The van der Waals surface area contributed by atoms with Gasteiger partial charge >= 0.3 is 0 Å². The van der Waals surface area contributed by atoms with Gasteiger partial charge in [0.15, 0.2) is 15.0 Å². The van der Waals surface area contributed by atoms with E-state index in [9.17, 15) is 13.2 Å². The van der Waals surface area contributed by atoms with E-state index < -0.39 is 9.84 Å². The third kappa shape index (κ3) is 6.51. The highest BCUT2D eigenvalue weighted by Crippen LogP contribution is 2.31. The molecule has 0 saturated carbocycles. The van der Waals surface area contributed by atoms with E-state index >= 15 is 0 Å². The summed E-state index contributed by atoms with van der Waals surface area (Å²) in [6.07, 6.45) is 0.435. The van der Waals surface area contributed by atoms with Crippen LogP contribution in [0.4, 0.5) is 5.13 Å². The maximum absolute atomic E-state index is 13.1. The maximum Gasteiger partial charge on any atom is 0.228 e. The van der Waals surface area contributed by atoms with E-state index in [1.807, 2.05) is 51.0 Å². The van der Waals surface area contributed by atoms with Gasteiger partial charge < -0.3 is 4.90 Å². The second-order valence-electron chi connectivity index (χ2n) is 8.00. The highest BCUT2D eigenvalue weighted by molar-refractivity contribution is 7.91. The summed E-state index contributed by atoms with van der Waals surface area (Å²) in [7, 11) is 0.508. The highest BCUT2D eigenvalue weighted by Gasteiger charge is 2.22. The van der Waals surface area contributed by atoms with E-state index in [0.717, 1.165) is 21.3 Å². The van der Waals surface area contributed by atoms with Gasteiger partial charge in [-0.25, -0.2) is 13.4 Å². The molecule has 3 rings (SSSR count). The number of aromatic nitrogens is 1. The average molecular weight is 496 g/mol. The lowest BCUT2D eigenvalue weighted by Crippen LogP contribution is -2.36. The van der Waals surface area contributed by atoms with Gasteiger partial charge in [-0.3, -0.25) is 9.69 Å². The van der Waals surface area contributed by atoms with Crippen molar-refractivity contribution in [2.75, 3.05) is 37.8 Å². The number of amides is 1. The summed E-state index contributed by atoms with van der Waals surface area (Å²) in [5.41, 5.74) is 2.99. The first-order valence-corrected chi connectivity index (χ1v) is 12.7. The van der Waals surface area contributed by atoms with Gasteiger partial charge in [0.05, 0.1) is 20.9 Å². The Morgan fingerprint density at radius 3 is 2.34 bits per heavy atom. The van der Waals surface area contributed by atoms with Crippen LogP contribution in [0.5, 0.6) is 0 Å². The molecule has 1 heterocycles. The quantitative estimate of drug-likeness (QED) is 0.437. The van der Waals surface area contributed by atoms with Gasteiger partial charge in [-0.15, -0.1) is 12.4 Å². The Morgan fingerprint density at radius 1 is 1.03 bits per heavy atom. The van der Waals surface area contributed by atoms with Crippen LogP contribution in [0.25, 0.3) is 10.2 Å². The molecule has 0 aliphatic carbocycles. The van der Waals surface area contributed by atoms with Crippen LogP contribution in [0.3, 0.4) is 0 Å². The number of thiazole rings is 1. The van der Waals surface area contributed by atoms with E-state index in [-0.39, 0.29) is 36.9 Å². The third-order valence-electron chi connectivity index (χ3n) is 5.10. The van der Waals surface area contributed by atoms with Crippen molar-refractivity contribution in [1.82, 2.24) is 9.88 Å². The number of rotatable bonds is 9. The minimum absolute atomic E-state index is 0. The van der Waals surface area contributed by atoms with Crippen molar-refractivity contribution in [3.05, 3.63) is 53.6 Å². The predicted molar refractivity (Wildman–Crippen MR) is 135 cm³/mol. The van der Waals surface area contributed by atoms with Crippen molar-refractivity contribution in [2.24, 2.45) is 0 Å². The Kier molecular flexibility index (Phi) is 9.21. The highest BCUT2D eigenvalue weighted by atomic mass is 35.5. The first-order valence-electron chi connectivity index (χ1n) is 10.3. The zero-order chi connectivity index (χ0) is 22.6. The van der Waals surface area contributed by atoms with Gasteiger partial charge in [0.1, 0.15) is 0 Å². The molecular weight excluding hydrogens is 466 g/mol. The normalized spacial score (nSPS) is 11.5. The summed E-state index contributed by atoms with van der Waals surface area (Å²) in [4.78, 5) is 21.8. The van der Waals surface area contributed by atoms with Crippen LogP contribution in [0.2, 0.25) is 0 Å². The molecule has 3 aromatic rings. The Morgan fingerprint density at radius 2 is 1.72 bits per heavy atom. The van der Waals surface area contributed by atoms with Crippen molar-refractivity contribution in [3.8, 4) is 0 Å². The lowest BCUT2D eigenvalue weighted by Gasteiger charge is -2.22. The molecule has 0 spiro atoms. The number of nitrogens with zero attached hydrogens (tertiary/aromatic N) is 3. The Balaban J connectivity index is 0.00000363. The second kappa shape index (κ2) is 11.2. The van der Waals surface area contributed by atoms with Crippen molar-refractivity contribution >= 4 is 54.8 Å². The maximum atomic E-state index is 13.1. The molecule has 0 bridgehead atoms. The summed E-state index contributed by atoms with van der Waals surface area (Å²) < 4.78 is 26.2. The standard InChI is InChI=1S/C23H29N3O3S2.ClH/c1-17-10-12-19(13-11-17)31(28,29)16-6-9-21(27)26(15-14-25(3)4)23-24-22-18(2)7-5-8-20(22)30-23;/h5,7-8,10-13H,6,9,14-16H2,1-4H3;1H. The van der Waals surface area contributed by atoms with Crippen LogP contribution >= 0.6 is 23.7 Å². The van der Waals surface area contributed by atoms with Crippen molar-refractivity contribution < 1.29 is 13.2 Å². The van der Waals surface area contributed by atoms with Gasteiger partial charge in [-0.1, -0.05) is 41.2 Å². The number of benzene rings is 2. The molecule has 6 nitrogen and oxygen atoms in total. The molecule has 1 amide bonds. The number of halogens is 1. The molecule has 0 unspecified atom stereocenters. The molecule has 0 N–H and O–H groups in total. The molecule has 9 heteroatoms. The Bertz CT molecular complexity index is 1160. The lowest BCUT2D eigenvalue weighted by molar-refractivity contribution is -0.118. The molecule has 1 aromatic heterocycles. The number of fused-ring (bicyclic) bond motifs is 1. The zero-order valence-electron chi connectivity index (χ0n) is 18.9. The van der Waals surface area contributed by atoms with Gasteiger partial charge in [0.2, 0.25) is 5.91 Å². The van der Waals surface area contributed by atoms with Crippen LogP contribution < -0.4 is 4.90 Å². The fraction of sp³-hybridized carbons (Fsp3) is 0.391. The summed E-state index contributed by atoms with van der Waals surface area (Å²) in [5, 5.41) is 0.664. The second-order valence-corrected chi connectivity index (χ2v) is 11.1. The number of sulfone groups is 1. The molecule has 2 aromatic carbocycles. The number of hydrogen-bond donors (Lipinski definition) is 0. The fourth-order valence-electron chi connectivity index (χ4n) is 3.23. The predicted octanol–water partition coefficient (Wildman–Crippen LogP) is 4.48. The van der Waals surface area contributed by atoms with Gasteiger partial charge in [0, 0.05) is 19.5 Å². The van der Waals surface area contributed by atoms with Crippen molar-refractivity contribution in [1.29, 1.82) is 0 Å². The minimum Gasteiger partial charge on any atom is -0.308 e. The molecular formula is C23H30ClN3O3S2. The molecule has 0 radical (unpaired) electrons. The molecule has 174 valence electrons. The summed E-state index contributed by atoms with van der Waals surface area (Å²) in [6, 6.07) is 12.8. The number of carbonyl (C=O) groups excluding carboxylic acids is 1. The minimum atomic E-state index is -3.41. The fourth-order valence-corrected chi connectivity index (χ4v) is 5.63. The largest absolute Gasteiger partial charge is 0.308 e. The monoisotopic (exact) mass is 495 g/mol. The number of anilines is 1. The summed E-state index contributed by atoms with van der Waals surface area (Å²) >= 11 is 1.49. The van der Waals surface area contributed by atoms with E-state index in [1.54, 1.807) is 29.2 Å². The number of likely N-dealkylation sites (N-methyl/N-ethyl adjacent to an activating group) is 1. The number of carbonyl (C=O) groups is 1. The molecule has 0 atom stereocenters. The van der Waals surface area contributed by atoms with E-state index in [4.69, 9.17) is 4.98 Å². The van der Waals surface area contributed by atoms with Crippen LogP contribution in [0.1, 0.15) is 24.0 Å². The van der Waals surface area contributed by atoms with Crippen LogP contribution in [0, 0.1) is 13.8 Å². The number of para-hydroxylation sites is 1. The van der Waals surface area contributed by atoms with Crippen molar-refractivity contribution in [2.45, 2.75) is 31.6 Å². The van der Waals surface area contributed by atoms with Gasteiger partial charge in [0.25, 0.3) is 0 Å². The molecule has 0 saturated heterocycles. The first kappa shape index (κ1) is 26.3. The van der Waals surface area contributed by atoms with Gasteiger partial charge in [-0.05, 0) is 58.1 Å². The van der Waals surface area contributed by atoms with E-state index in [1.165, 1.54) is 11.3 Å². The summed E-state index contributed by atoms with van der Waals surface area (Å²) in [6.45, 7) is 5.13. The number of hydrogen-bond acceptors (Lipinski definition) is 6. The Hall–Kier alpha value is -2.00. The van der Waals surface area contributed by atoms with Crippen LogP contribution in [-0.4, -0.2) is 57.1 Å². The third-order valence-corrected chi connectivity index (χ3v) is 7.96. The number of aryl methyl sites for hydroxylation is 2. The molecule has 32 heavy (non-hydrogen) atoms. The van der Waals surface area contributed by atoms with E-state index in [0.29, 0.717) is 23.1 Å². The average Bonchev–Trinajstić information content (AvgIpc) is 3.13. The topological polar surface area (TPSA) is 70.6 Å².